The van der Waals surface area contributed by atoms with Crippen molar-refractivity contribution in [3.63, 3.8) is 0 Å². The molecule has 0 radical (unpaired) electrons. The first-order valence-corrected chi connectivity index (χ1v) is 10.6. The Morgan fingerprint density at radius 1 is 1.33 bits per heavy atom. The van der Waals surface area contributed by atoms with E-state index in [-0.39, 0.29) is 12.5 Å². The molecule has 0 spiro atoms. The summed E-state index contributed by atoms with van der Waals surface area (Å²) in [7, 11) is 0. The minimum absolute atomic E-state index is 0.116. The summed E-state index contributed by atoms with van der Waals surface area (Å²) in [5, 5.41) is 13.5. The van der Waals surface area contributed by atoms with Crippen molar-refractivity contribution < 1.29 is 14.3 Å². The molecule has 0 unspecified atom stereocenters. The highest BCUT2D eigenvalue weighted by molar-refractivity contribution is 5.93. The molecule has 9 heteroatoms. The van der Waals surface area contributed by atoms with Gasteiger partial charge in [0.05, 0.1) is 23.9 Å². The number of esters is 1. The van der Waals surface area contributed by atoms with Crippen LogP contribution in [0.4, 0.5) is 0 Å². The first kappa shape index (κ1) is 22.2. The normalized spacial score (nSPS) is 12.5. The number of hydrogen-bond donors (Lipinski definition) is 1. The number of hydrogen-bond acceptors (Lipinski definition) is 7. The Morgan fingerprint density at radius 2 is 2.15 bits per heavy atom. The first-order chi connectivity index (χ1) is 15.9. The molecule has 0 atom stereocenters. The van der Waals surface area contributed by atoms with Gasteiger partial charge in [0, 0.05) is 36.6 Å². The highest BCUT2D eigenvalue weighted by Crippen LogP contribution is 2.26. The van der Waals surface area contributed by atoms with Crippen LogP contribution >= 0.6 is 0 Å². The van der Waals surface area contributed by atoms with Gasteiger partial charge in [-0.15, -0.1) is 0 Å². The molecule has 9 nitrogen and oxygen atoms in total. The van der Waals surface area contributed by atoms with E-state index in [2.05, 4.69) is 16.2 Å². The number of rotatable bonds is 8. The molecule has 3 heterocycles. The van der Waals surface area contributed by atoms with Gasteiger partial charge < -0.3 is 10.5 Å². The summed E-state index contributed by atoms with van der Waals surface area (Å²) in [6.07, 6.45) is 5.81. The van der Waals surface area contributed by atoms with Crippen LogP contribution in [0.15, 0.2) is 36.8 Å². The number of nitrogens with zero attached hydrogens (tertiary/aromatic N) is 5. The number of primary amides is 1. The SMILES string of the molecule is Cc1cc(-n2cc(CN(CCc3ccc4c(c3C)COC4=O)CC(N)=O)cn2)ncc1C#N. The molecule has 2 N–H and O–H groups in total. The van der Waals surface area contributed by atoms with Crippen molar-refractivity contribution in [3.05, 3.63) is 75.7 Å². The maximum atomic E-state index is 11.8. The maximum absolute atomic E-state index is 11.8. The molecule has 1 aromatic carbocycles. The number of pyridine rings is 1. The van der Waals surface area contributed by atoms with Crippen LogP contribution in [-0.2, 0) is 29.1 Å². The molecule has 0 saturated carbocycles. The van der Waals surface area contributed by atoms with Crippen LogP contribution < -0.4 is 5.73 Å². The highest BCUT2D eigenvalue weighted by atomic mass is 16.5. The quantitative estimate of drug-likeness (QED) is 0.526. The van der Waals surface area contributed by atoms with E-state index >= 15 is 0 Å². The third-order valence-electron chi connectivity index (χ3n) is 5.85. The third-order valence-corrected chi connectivity index (χ3v) is 5.85. The van der Waals surface area contributed by atoms with E-state index in [0.29, 0.717) is 43.1 Å². The van der Waals surface area contributed by atoms with Crippen molar-refractivity contribution >= 4 is 11.9 Å². The summed E-state index contributed by atoms with van der Waals surface area (Å²) in [5.74, 6) is -0.0693. The topological polar surface area (TPSA) is 127 Å². The monoisotopic (exact) mass is 444 g/mol. The van der Waals surface area contributed by atoms with E-state index in [1.54, 1.807) is 10.9 Å². The van der Waals surface area contributed by atoms with E-state index in [0.717, 1.165) is 27.8 Å². The summed E-state index contributed by atoms with van der Waals surface area (Å²) in [6.45, 7) is 5.36. The van der Waals surface area contributed by atoms with Gasteiger partial charge in [-0.05, 0) is 49.1 Å². The molecule has 1 aliphatic rings. The van der Waals surface area contributed by atoms with Crippen LogP contribution in [0, 0.1) is 25.2 Å². The summed E-state index contributed by atoms with van der Waals surface area (Å²) in [6, 6.07) is 7.66. The number of nitriles is 1. The second kappa shape index (κ2) is 9.22. The number of cyclic esters (lactones) is 1. The lowest BCUT2D eigenvalue weighted by Gasteiger charge is -2.21. The minimum Gasteiger partial charge on any atom is -0.457 e. The van der Waals surface area contributed by atoms with E-state index in [9.17, 15) is 9.59 Å². The minimum atomic E-state index is -0.406. The van der Waals surface area contributed by atoms with Crippen molar-refractivity contribution in [3.8, 4) is 11.9 Å². The van der Waals surface area contributed by atoms with E-state index in [1.807, 2.05) is 43.1 Å². The number of aryl methyl sites for hydroxylation is 1. The predicted octanol–water partition coefficient (Wildman–Crippen LogP) is 1.96. The Kier molecular flexibility index (Phi) is 6.20. The number of carbonyl (C=O) groups excluding carboxylic acids is 2. The fraction of sp³-hybridized carbons (Fsp3) is 0.292. The van der Waals surface area contributed by atoms with Gasteiger partial charge in [-0.25, -0.2) is 14.5 Å². The first-order valence-electron chi connectivity index (χ1n) is 10.6. The highest BCUT2D eigenvalue weighted by Gasteiger charge is 2.24. The average molecular weight is 444 g/mol. The largest absolute Gasteiger partial charge is 0.457 e. The smallest absolute Gasteiger partial charge is 0.338 e. The Balaban J connectivity index is 1.47. The molecule has 0 bridgehead atoms. The van der Waals surface area contributed by atoms with Crippen molar-refractivity contribution in [2.45, 2.75) is 33.4 Å². The van der Waals surface area contributed by atoms with Gasteiger partial charge in [0.2, 0.25) is 5.91 Å². The van der Waals surface area contributed by atoms with Gasteiger partial charge in [-0.1, -0.05) is 6.07 Å². The predicted molar refractivity (Wildman–Crippen MR) is 119 cm³/mol. The molecule has 33 heavy (non-hydrogen) atoms. The number of fused-ring (bicyclic) bond motifs is 1. The van der Waals surface area contributed by atoms with Gasteiger partial charge in [0.25, 0.3) is 0 Å². The van der Waals surface area contributed by atoms with Crippen molar-refractivity contribution in [1.29, 1.82) is 5.26 Å². The lowest BCUT2D eigenvalue weighted by atomic mass is 9.96. The van der Waals surface area contributed by atoms with Gasteiger partial charge in [0.1, 0.15) is 12.7 Å². The second-order valence-corrected chi connectivity index (χ2v) is 8.14. The van der Waals surface area contributed by atoms with Crippen LogP contribution in [0.3, 0.4) is 0 Å². The molecule has 0 saturated heterocycles. The second-order valence-electron chi connectivity index (χ2n) is 8.14. The molecule has 1 aliphatic heterocycles. The Bertz CT molecular complexity index is 1270. The number of benzene rings is 1. The van der Waals surface area contributed by atoms with E-state index in [4.69, 9.17) is 15.7 Å². The Morgan fingerprint density at radius 3 is 2.88 bits per heavy atom. The van der Waals surface area contributed by atoms with Gasteiger partial charge in [0.15, 0.2) is 5.82 Å². The summed E-state index contributed by atoms with van der Waals surface area (Å²) < 4.78 is 6.78. The van der Waals surface area contributed by atoms with Crippen LogP contribution in [-0.4, -0.2) is 44.6 Å². The lowest BCUT2D eigenvalue weighted by Crippen LogP contribution is -2.34. The number of amides is 1. The zero-order valence-electron chi connectivity index (χ0n) is 18.5. The van der Waals surface area contributed by atoms with Crippen LogP contribution in [0.2, 0.25) is 0 Å². The van der Waals surface area contributed by atoms with Crippen molar-refractivity contribution in [2.75, 3.05) is 13.1 Å². The Hall–Kier alpha value is -4.03. The third kappa shape index (κ3) is 4.76. The van der Waals surface area contributed by atoms with Gasteiger partial charge in [-0.3, -0.25) is 9.69 Å². The Labute approximate surface area is 191 Å². The molecular formula is C24H24N6O3. The van der Waals surface area contributed by atoms with Crippen molar-refractivity contribution in [1.82, 2.24) is 19.7 Å². The summed E-state index contributed by atoms with van der Waals surface area (Å²) in [5.41, 5.74) is 11.5. The van der Waals surface area contributed by atoms with Gasteiger partial charge in [-0.2, -0.15) is 10.4 Å². The standard InChI is InChI=1S/C24H24N6O3/c1-15-7-23(27-10-19(15)8-25)30-12-17(9-28-30)11-29(13-22(26)31)6-5-18-3-4-20-21(16(18)2)14-33-24(20)32/h3-4,7,9-10,12H,5-6,11,13-14H2,1-2H3,(H2,26,31). The molecular weight excluding hydrogens is 420 g/mol. The molecule has 168 valence electrons. The molecule has 4 rings (SSSR count). The van der Waals surface area contributed by atoms with Gasteiger partial charge >= 0.3 is 5.97 Å². The average Bonchev–Trinajstić information content (AvgIpc) is 3.40. The molecule has 0 fully saturated rings. The lowest BCUT2D eigenvalue weighted by molar-refractivity contribution is -0.119. The van der Waals surface area contributed by atoms with E-state index in [1.165, 1.54) is 6.20 Å². The fourth-order valence-corrected chi connectivity index (χ4v) is 3.99. The maximum Gasteiger partial charge on any atom is 0.338 e. The fourth-order valence-electron chi connectivity index (χ4n) is 3.99. The van der Waals surface area contributed by atoms with Crippen molar-refractivity contribution in [2.24, 2.45) is 5.73 Å². The zero-order valence-corrected chi connectivity index (χ0v) is 18.5. The van der Waals surface area contributed by atoms with Crippen LogP contribution in [0.1, 0.15) is 43.7 Å². The molecule has 0 aliphatic carbocycles. The number of ether oxygens (including phenoxy) is 1. The van der Waals surface area contributed by atoms with E-state index < -0.39 is 5.91 Å². The van der Waals surface area contributed by atoms with Crippen LogP contribution in [0.25, 0.3) is 5.82 Å². The molecule has 2 aromatic heterocycles. The number of aromatic nitrogens is 3. The number of carbonyl (C=O) groups is 2. The summed E-state index contributed by atoms with van der Waals surface area (Å²) in [4.78, 5) is 29.7. The molecule has 3 aromatic rings. The molecule has 1 amide bonds. The number of nitrogens with two attached hydrogens (primary N) is 1. The zero-order chi connectivity index (χ0) is 23.5. The summed E-state index contributed by atoms with van der Waals surface area (Å²) >= 11 is 0. The van der Waals surface area contributed by atoms with Crippen LogP contribution in [0.5, 0.6) is 0 Å².